The molecule has 1 nitrogen and oxygen atoms in total. The molecule has 2 aliphatic carbocycles. The molecule has 0 spiro atoms. The Morgan fingerprint density at radius 3 is 2.67 bits per heavy atom. The second-order valence-electron chi connectivity index (χ2n) is 4.81. The Labute approximate surface area is 75.2 Å². The lowest BCUT2D eigenvalue weighted by Gasteiger charge is -2.18. The number of hydrogen-bond acceptors (Lipinski definition) is 1. The van der Waals surface area contributed by atoms with Crippen molar-refractivity contribution in [2.75, 3.05) is 0 Å². The molecule has 0 aromatic heterocycles. The normalized spacial score (nSPS) is 42.8. The molecule has 0 bridgehead atoms. The molecule has 2 saturated carbocycles. The quantitative estimate of drug-likeness (QED) is 0.684. The van der Waals surface area contributed by atoms with Crippen molar-refractivity contribution in [3.63, 3.8) is 0 Å². The minimum absolute atomic E-state index is 0.239. The van der Waals surface area contributed by atoms with Gasteiger partial charge in [0.05, 0.1) is 5.60 Å². The molecular formula is C11H20O. The SMILES string of the molecule is CCCC1CC1(O)C(C)C1CC1. The Morgan fingerprint density at radius 1 is 1.50 bits per heavy atom. The van der Waals surface area contributed by atoms with Crippen LogP contribution in [-0.4, -0.2) is 10.7 Å². The van der Waals surface area contributed by atoms with Gasteiger partial charge in [-0.3, -0.25) is 0 Å². The Morgan fingerprint density at radius 2 is 2.17 bits per heavy atom. The topological polar surface area (TPSA) is 20.2 Å². The van der Waals surface area contributed by atoms with Gasteiger partial charge in [0.25, 0.3) is 0 Å². The summed E-state index contributed by atoms with van der Waals surface area (Å²) in [6, 6.07) is 0. The zero-order valence-electron chi connectivity index (χ0n) is 8.21. The number of aliphatic hydroxyl groups is 1. The highest BCUT2D eigenvalue weighted by Crippen LogP contribution is 2.57. The van der Waals surface area contributed by atoms with Gasteiger partial charge in [0, 0.05) is 0 Å². The van der Waals surface area contributed by atoms with E-state index in [2.05, 4.69) is 13.8 Å². The molecule has 0 aromatic carbocycles. The van der Waals surface area contributed by atoms with Crippen LogP contribution in [0.25, 0.3) is 0 Å². The molecule has 0 heterocycles. The van der Waals surface area contributed by atoms with Crippen LogP contribution in [0.15, 0.2) is 0 Å². The van der Waals surface area contributed by atoms with Crippen molar-refractivity contribution < 1.29 is 5.11 Å². The highest BCUT2D eigenvalue weighted by atomic mass is 16.3. The summed E-state index contributed by atoms with van der Waals surface area (Å²) in [6.07, 6.45) is 6.26. The second kappa shape index (κ2) is 2.73. The molecule has 0 amide bonds. The zero-order chi connectivity index (χ0) is 8.77. The fraction of sp³-hybridized carbons (Fsp3) is 1.00. The first-order valence-electron chi connectivity index (χ1n) is 5.41. The zero-order valence-corrected chi connectivity index (χ0v) is 8.21. The third kappa shape index (κ3) is 1.28. The van der Waals surface area contributed by atoms with Crippen molar-refractivity contribution in [1.29, 1.82) is 0 Å². The summed E-state index contributed by atoms with van der Waals surface area (Å²) in [5.74, 6) is 2.07. The van der Waals surface area contributed by atoms with Gasteiger partial charge in [-0.25, -0.2) is 0 Å². The van der Waals surface area contributed by atoms with E-state index in [1.54, 1.807) is 0 Å². The predicted molar refractivity (Wildman–Crippen MR) is 49.9 cm³/mol. The predicted octanol–water partition coefficient (Wildman–Crippen LogP) is 2.58. The maximum absolute atomic E-state index is 10.2. The molecule has 3 atom stereocenters. The van der Waals surface area contributed by atoms with Gasteiger partial charge in [-0.05, 0) is 43.4 Å². The third-order valence-corrected chi connectivity index (χ3v) is 3.87. The summed E-state index contributed by atoms with van der Waals surface area (Å²) in [5.41, 5.74) is -0.239. The van der Waals surface area contributed by atoms with E-state index < -0.39 is 0 Å². The average molecular weight is 168 g/mol. The molecule has 0 radical (unpaired) electrons. The van der Waals surface area contributed by atoms with Gasteiger partial charge >= 0.3 is 0 Å². The van der Waals surface area contributed by atoms with Gasteiger partial charge in [-0.15, -0.1) is 0 Å². The van der Waals surface area contributed by atoms with Crippen LogP contribution in [0.2, 0.25) is 0 Å². The summed E-state index contributed by atoms with van der Waals surface area (Å²) >= 11 is 0. The monoisotopic (exact) mass is 168 g/mol. The summed E-state index contributed by atoms with van der Waals surface area (Å²) < 4.78 is 0. The minimum Gasteiger partial charge on any atom is -0.389 e. The molecule has 2 rings (SSSR count). The van der Waals surface area contributed by atoms with Crippen molar-refractivity contribution in [2.24, 2.45) is 17.8 Å². The van der Waals surface area contributed by atoms with Gasteiger partial charge in [-0.2, -0.15) is 0 Å². The van der Waals surface area contributed by atoms with Crippen molar-refractivity contribution in [3.05, 3.63) is 0 Å². The van der Waals surface area contributed by atoms with Crippen LogP contribution in [0.1, 0.15) is 46.0 Å². The van der Waals surface area contributed by atoms with E-state index in [4.69, 9.17) is 0 Å². The van der Waals surface area contributed by atoms with Crippen molar-refractivity contribution in [2.45, 2.75) is 51.6 Å². The van der Waals surface area contributed by atoms with Crippen molar-refractivity contribution in [1.82, 2.24) is 0 Å². The minimum atomic E-state index is -0.239. The Balaban J connectivity index is 1.87. The van der Waals surface area contributed by atoms with Crippen LogP contribution in [0.4, 0.5) is 0 Å². The summed E-state index contributed by atoms with van der Waals surface area (Å²) in [6.45, 7) is 4.45. The van der Waals surface area contributed by atoms with Gasteiger partial charge in [0.15, 0.2) is 0 Å². The first-order valence-corrected chi connectivity index (χ1v) is 5.41. The van der Waals surface area contributed by atoms with E-state index in [1.807, 2.05) is 0 Å². The lowest BCUT2D eigenvalue weighted by molar-refractivity contribution is 0.0612. The molecule has 3 unspecified atom stereocenters. The molecule has 2 fully saturated rings. The van der Waals surface area contributed by atoms with Crippen LogP contribution >= 0.6 is 0 Å². The highest BCUT2D eigenvalue weighted by molar-refractivity contribution is 5.09. The molecule has 1 N–H and O–H groups in total. The maximum Gasteiger partial charge on any atom is 0.0708 e. The van der Waals surface area contributed by atoms with E-state index in [0.29, 0.717) is 11.8 Å². The number of hydrogen-bond donors (Lipinski definition) is 1. The highest BCUT2D eigenvalue weighted by Gasteiger charge is 2.58. The summed E-state index contributed by atoms with van der Waals surface area (Å²) in [4.78, 5) is 0. The Hall–Kier alpha value is -0.0400. The van der Waals surface area contributed by atoms with Crippen molar-refractivity contribution in [3.8, 4) is 0 Å². The lowest BCUT2D eigenvalue weighted by Crippen LogP contribution is -2.23. The van der Waals surface area contributed by atoms with E-state index >= 15 is 0 Å². The Kier molecular flexibility index (Phi) is 1.95. The van der Waals surface area contributed by atoms with Crippen LogP contribution in [0, 0.1) is 17.8 Å². The molecule has 12 heavy (non-hydrogen) atoms. The fourth-order valence-corrected chi connectivity index (χ4v) is 2.60. The smallest absolute Gasteiger partial charge is 0.0708 e. The van der Waals surface area contributed by atoms with E-state index in [-0.39, 0.29) is 5.60 Å². The first kappa shape index (κ1) is 8.55. The second-order valence-corrected chi connectivity index (χ2v) is 4.81. The molecule has 1 heteroatoms. The van der Waals surface area contributed by atoms with Crippen molar-refractivity contribution >= 4 is 0 Å². The van der Waals surface area contributed by atoms with Gasteiger partial charge in [-0.1, -0.05) is 20.3 Å². The molecule has 0 aromatic rings. The van der Waals surface area contributed by atoms with E-state index in [1.165, 1.54) is 25.7 Å². The molecular weight excluding hydrogens is 148 g/mol. The van der Waals surface area contributed by atoms with E-state index in [0.717, 1.165) is 12.3 Å². The first-order chi connectivity index (χ1) is 5.68. The van der Waals surface area contributed by atoms with Gasteiger partial charge in [0.2, 0.25) is 0 Å². The number of rotatable bonds is 4. The lowest BCUT2D eigenvalue weighted by atomic mass is 9.94. The van der Waals surface area contributed by atoms with E-state index in [9.17, 15) is 5.11 Å². The van der Waals surface area contributed by atoms with Crippen LogP contribution < -0.4 is 0 Å². The average Bonchev–Trinajstić information content (AvgIpc) is 2.87. The summed E-state index contributed by atoms with van der Waals surface area (Å²) in [5, 5.41) is 10.2. The molecule has 0 aliphatic heterocycles. The summed E-state index contributed by atoms with van der Waals surface area (Å²) in [7, 11) is 0. The third-order valence-electron chi connectivity index (χ3n) is 3.87. The van der Waals surface area contributed by atoms with Crippen LogP contribution in [-0.2, 0) is 0 Å². The molecule has 0 saturated heterocycles. The largest absolute Gasteiger partial charge is 0.389 e. The fourth-order valence-electron chi connectivity index (χ4n) is 2.60. The maximum atomic E-state index is 10.2. The van der Waals surface area contributed by atoms with Gasteiger partial charge < -0.3 is 5.11 Å². The molecule has 2 aliphatic rings. The van der Waals surface area contributed by atoms with Gasteiger partial charge in [0.1, 0.15) is 0 Å². The molecule has 70 valence electrons. The van der Waals surface area contributed by atoms with Crippen LogP contribution in [0.3, 0.4) is 0 Å². The van der Waals surface area contributed by atoms with Crippen LogP contribution in [0.5, 0.6) is 0 Å². The standard InChI is InChI=1S/C11H20O/c1-3-4-10-7-11(10,12)8(2)9-5-6-9/h8-10,12H,3-7H2,1-2H3. The Bertz CT molecular complexity index is 174.